The molecule has 0 saturated carbocycles. The maximum atomic E-state index is 12.8. The van der Waals surface area contributed by atoms with Crippen molar-refractivity contribution in [2.75, 3.05) is 5.32 Å². The first-order valence-corrected chi connectivity index (χ1v) is 7.54. The van der Waals surface area contributed by atoms with Gasteiger partial charge in [0.2, 0.25) is 5.91 Å². The predicted molar refractivity (Wildman–Crippen MR) is 88.3 cm³/mol. The second-order valence-electron chi connectivity index (χ2n) is 4.57. The highest BCUT2D eigenvalue weighted by Crippen LogP contribution is 2.35. The van der Waals surface area contributed by atoms with Crippen molar-refractivity contribution >= 4 is 45.2 Å². The second-order valence-corrected chi connectivity index (χ2v) is 5.89. The van der Waals surface area contributed by atoms with Crippen LogP contribution in [-0.2, 0) is 11.0 Å². The molecule has 0 bridgehead atoms. The Labute approximate surface area is 144 Å². The molecule has 2 aromatic carbocycles. The van der Waals surface area contributed by atoms with Gasteiger partial charge in [-0.1, -0.05) is 33.6 Å². The lowest BCUT2D eigenvalue weighted by atomic mass is 10.1. The van der Waals surface area contributed by atoms with E-state index in [1.54, 1.807) is 24.3 Å². The zero-order valence-corrected chi connectivity index (χ0v) is 13.8. The van der Waals surface area contributed by atoms with Crippen molar-refractivity contribution in [1.29, 1.82) is 0 Å². The molecule has 0 radical (unpaired) electrons. The van der Waals surface area contributed by atoms with Gasteiger partial charge in [-0.15, -0.1) is 0 Å². The van der Waals surface area contributed by atoms with Crippen LogP contribution in [0.1, 0.15) is 11.1 Å². The average molecular weight is 405 g/mol. The molecule has 2 nitrogen and oxygen atoms in total. The van der Waals surface area contributed by atoms with Crippen LogP contribution in [0.3, 0.4) is 0 Å². The van der Waals surface area contributed by atoms with Gasteiger partial charge in [-0.3, -0.25) is 4.79 Å². The van der Waals surface area contributed by atoms with E-state index in [0.717, 1.165) is 22.7 Å². The van der Waals surface area contributed by atoms with Crippen LogP contribution in [0, 0.1) is 0 Å². The van der Waals surface area contributed by atoms with Crippen LogP contribution in [0.5, 0.6) is 0 Å². The fourth-order valence-corrected chi connectivity index (χ4v) is 2.24. The number of nitrogens with one attached hydrogen (secondary N) is 1. The van der Waals surface area contributed by atoms with Crippen LogP contribution >= 0.6 is 27.5 Å². The van der Waals surface area contributed by atoms with E-state index in [1.807, 2.05) is 0 Å². The van der Waals surface area contributed by atoms with Gasteiger partial charge >= 0.3 is 6.18 Å². The molecule has 0 aliphatic heterocycles. The summed E-state index contributed by atoms with van der Waals surface area (Å²) in [6.45, 7) is 0. The van der Waals surface area contributed by atoms with Gasteiger partial charge in [0.25, 0.3) is 0 Å². The summed E-state index contributed by atoms with van der Waals surface area (Å²) >= 11 is 8.81. The smallest absolute Gasteiger partial charge is 0.323 e. The molecule has 0 aliphatic carbocycles. The molecule has 0 aliphatic rings. The van der Waals surface area contributed by atoms with E-state index in [-0.39, 0.29) is 10.6 Å². The summed E-state index contributed by atoms with van der Waals surface area (Å²) in [4.78, 5) is 11.8. The number of alkyl halides is 3. The van der Waals surface area contributed by atoms with Crippen LogP contribution in [0.4, 0.5) is 18.9 Å². The molecule has 120 valence electrons. The number of anilines is 1. The van der Waals surface area contributed by atoms with Gasteiger partial charge < -0.3 is 5.32 Å². The van der Waals surface area contributed by atoms with Gasteiger partial charge in [0.05, 0.1) is 10.6 Å². The number of carbonyl (C=O) groups is 1. The lowest BCUT2D eigenvalue weighted by molar-refractivity contribution is -0.137. The Morgan fingerprint density at radius 3 is 2.39 bits per heavy atom. The van der Waals surface area contributed by atoms with Gasteiger partial charge in [0, 0.05) is 16.2 Å². The van der Waals surface area contributed by atoms with Gasteiger partial charge in [0.15, 0.2) is 0 Å². The summed E-state index contributed by atoms with van der Waals surface area (Å²) in [5, 5.41) is 2.22. The monoisotopic (exact) mass is 403 g/mol. The summed E-state index contributed by atoms with van der Waals surface area (Å²) in [5.41, 5.74) is -0.128. The Balaban J connectivity index is 2.10. The van der Waals surface area contributed by atoms with Gasteiger partial charge in [0.1, 0.15) is 0 Å². The third-order valence-corrected chi connectivity index (χ3v) is 3.69. The van der Waals surface area contributed by atoms with E-state index in [1.165, 1.54) is 12.1 Å². The standard InChI is InChI=1S/C16H10BrClF3NO/c17-11-3-5-12(6-4-11)22-15(23)8-2-10-1-7-14(18)13(9-10)16(19,20)21/h1-9H,(H,22,23)/b8-2+. The molecule has 1 N–H and O–H groups in total. The lowest BCUT2D eigenvalue weighted by Crippen LogP contribution is -2.08. The van der Waals surface area contributed by atoms with Crippen molar-refractivity contribution in [2.24, 2.45) is 0 Å². The van der Waals surface area contributed by atoms with E-state index >= 15 is 0 Å². The fourth-order valence-electron chi connectivity index (χ4n) is 1.75. The average Bonchev–Trinajstić information content (AvgIpc) is 2.47. The highest BCUT2D eigenvalue weighted by atomic mass is 79.9. The maximum Gasteiger partial charge on any atom is 0.417 e. The van der Waals surface area contributed by atoms with Crippen LogP contribution in [0.15, 0.2) is 53.0 Å². The SMILES string of the molecule is O=C(/C=C/c1ccc(Cl)c(C(F)(F)F)c1)Nc1ccc(Br)cc1. The number of carbonyl (C=O) groups excluding carboxylic acids is 1. The molecule has 0 unspecified atom stereocenters. The Morgan fingerprint density at radius 2 is 1.78 bits per heavy atom. The molecular weight excluding hydrogens is 395 g/mol. The number of benzene rings is 2. The molecule has 0 aromatic heterocycles. The molecule has 2 aromatic rings. The van der Waals surface area contributed by atoms with Crippen LogP contribution in [-0.4, -0.2) is 5.91 Å². The van der Waals surface area contributed by atoms with Gasteiger partial charge in [-0.2, -0.15) is 13.2 Å². The molecule has 23 heavy (non-hydrogen) atoms. The highest BCUT2D eigenvalue weighted by Gasteiger charge is 2.33. The fraction of sp³-hybridized carbons (Fsp3) is 0.0625. The van der Waals surface area contributed by atoms with Crippen molar-refractivity contribution in [3.8, 4) is 0 Å². The number of halogens is 5. The second kappa shape index (κ2) is 7.19. The largest absolute Gasteiger partial charge is 0.417 e. The normalized spacial score (nSPS) is 11.7. The van der Waals surface area contributed by atoms with Gasteiger partial charge in [-0.25, -0.2) is 0 Å². The van der Waals surface area contributed by atoms with Crippen molar-refractivity contribution in [3.63, 3.8) is 0 Å². The summed E-state index contributed by atoms with van der Waals surface area (Å²) < 4.78 is 39.1. The van der Waals surface area contributed by atoms with Crippen LogP contribution in [0.2, 0.25) is 5.02 Å². The van der Waals surface area contributed by atoms with Gasteiger partial charge in [-0.05, 0) is 48.0 Å². The zero-order chi connectivity index (χ0) is 17.0. The van der Waals surface area contributed by atoms with E-state index in [2.05, 4.69) is 21.2 Å². The minimum absolute atomic E-state index is 0.229. The molecule has 2 rings (SSSR count). The molecule has 0 fully saturated rings. The van der Waals surface area contributed by atoms with Crippen molar-refractivity contribution in [1.82, 2.24) is 0 Å². The van der Waals surface area contributed by atoms with Crippen LogP contribution < -0.4 is 5.32 Å². The van der Waals surface area contributed by atoms with E-state index in [0.29, 0.717) is 5.69 Å². The molecule has 1 amide bonds. The van der Waals surface area contributed by atoms with E-state index in [4.69, 9.17) is 11.6 Å². The molecule has 0 heterocycles. The summed E-state index contributed by atoms with van der Waals surface area (Å²) in [6, 6.07) is 10.4. The summed E-state index contributed by atoms with van der Waals surface area (Å²) in [6.07, 6.45) is -2.09. The molecular formula is C16H10BrClF3NO. The maximum absolute atomic E-state index is 12.8. The summed E-state index contributed by atoms with van der Waals surface area (Å²) in [5.74, 6) is -0.448. The van der Waals surface area contributed by atoms with E-state index < -0.39 is 17.6 Å². The highest BCUT2D eigenvalue weighted by molar-refractivity contribution is 9.10. The third-order valence-electron chi connectivity index (χ3n) is 2.83. The predicted octanol–water partition coefficient (Wildman–Crippen LogP) is 5.77. The number of hydrogen-bond acceptors (Lipinski definition) is 1. The molecule has 0 spiro atoms. The molecule has 0 atom stereocenters. The van der Waals surface area contributed by atoms with Crippen LogP contribution in [0.25, 0.3) is 6.08 Å². The molecule has 7 heteroatoms. The lowest BCUT2D eigenvalue weighted by Gasteiger charge is -2.09. The Kier molecular flexibility index (Phi) is 5.49. The minimum atomic E-state index is -4.54. The minimum Gasteiger partial charge on any atom is -0.323 e. The van der Waals surface area contributed by atoms with Crippen molar-refractivity contribution in [2.45, 2.75) is 6.18 Å². The van der Waals surface area contributed by atoms with E-state index in [9.17, 15) is 18.0 Å². The number of rotatable bonds is 3. The first-order valence-electron chi connectivity index (χ1n) is 6.37. The summed E-state index contributed by atoms with van der Waals surface area (Å²) in [7, 11) is 0. The Hall–Kier alpha value is -1.79. The van der Waals surface area contributed by atoms with Crippen molar-refractivity contribution in [3.05, 3.63) is 69.2 Å². The first-order chi connectivity index (χ1) is 10.8. The van der Waals surface area contributed by atoms with Crippen molar-refractivity contribution < 1.29 is 18.0 Å². The Bertz CT molecular complexity index is 742. The topological polar surface area (TPSA) is 29.1 Å². The quantitative estimate of drug-likeness (QED) is 0.646. The molecule has 0 saturated heterocycles. The Morgan fingerprint density at radius 1 is 1.13 bits per heavy atom. The number of hydrogen-bond donors (Lipinski definition) is 1. The third kappa shape index (κ3) is 5.11. The first kappa shape index (κ1) is 17.6. The number of amides is 1. The zero-order valence-electron chi connectivity index (χ0n) is 11.5.